The average molecular weight is 308 g/mol. The minimum atomic E-state index is 0.582. The average Bonchev–Trinajstić information content (AvgIpc) is 2.55. The molecule has 22 heavy (non-hydrogen) atoms. The van der Waals surface area contributed by atoms with Crippen LogP contribution in [-0.4, -0.2) is 61.3 Å². The molecule has 1 fully saturated rings. The van der Waals surface area contributed by atoms with Gasteiger partial charge in [-0.2, -0.15) is 0 Å². The van der Waals surface area contributed by atoms with Crippen molar-refractivity contribution in [2.24, 2.45) is 0 Å². The molecule has 4 N–H and O–H groups in total. The van der Waals surface area contributed by atoms with E-state index in [1.165, 1.54) is 38.7 Å². The largest absolute Gasteiger partial charge is 0.393 e. The van der Waals surface area contributed by atoms with E-state index in [-0.39, 0.29) is 0 Å². The number of likely N-dealkylation sites (tertiary alicyclic amines) is 1. The molecule has 124 valence electrons. The van der Waals surface area contributed by atoms with Crippen molar-refractivity contribution in [3.63, 3.8) is 0 Å². The SMILES string of the molecule is COCCCNc1ncnc(NCCN2CCCCC2)c1N. The summed E-state index contributed by atoms with van der Waals surface area (Å²) in [6.07, 6.45) is 6.44. The lowest BCUT2D eigenvalue weighted by atomic mass is 10.1. The number of nitrogens with two attached hydrogens (primary N) is 1. The number of rotatable bonds is 9. The lowest BCUT2D eigenvalue weighted by molar-refractivity contribution is 0.198. The number of aromatic nitrogens is 2. The van der Waals surface area contributed by atoms with Gasteiger partial charge < -0.3 is 26.0 Å². The van der Waals surface area contributed by atoms with Gasteiger partial charge in [0.2, 0.25) is 0 Å². The van der Waals surface area contributed by atoms with E-state index >= 15 is 0 Å². The number of methoxy groups -OCH3 is 1. The highest BCUT2D eigenvalue weighted by Crippen LogP contribution is 2.22. The van der Waals surface area contributed by atoms with Crippen LogP contribution in [0, 0.1) is 0 Å². The number of nitrogens with zero attached hydrogens (tertiary/aromatic N) is 3. The third-order valence-corrected chi connectivity index (χ3v) is 3.87. The number of nitrogen functional groups attached to an aromatic ring is 1. The molecule has 2 heterocycles. The molecule has 7 heteroatoms. The van der Waals surface area contributed by atoms with Crippen LogP contribution in [0.3, 0.4) is 0 Å². The highest BCUT2D eigenvalue weighted by molar-refractivity contribution is 5.73. The van der Waals surface area contributed by atoms with E-state index in [0.717, 1.165) is 32.7 Å². The van der Waals surface area contributed by atoms with Crippen molar-refractivity contribution in [1.29, 1.82) is 0 Å². The van der Waals surface area contributed by atoms with Gasteiger partial charge >= 0.3 is 0 Å². The first-order valence-electron chi connectivity index (χ1n) is 8.11. The van der Waals surface area contributed by atoms with Gasteiger partial charge in [-0.1, -0.05) is 6.42 Å². The number of hydrogen-bond donors (Lipinski definition) is 3. The van der Waals surface area contributed by atoms with Crippen molar-refractivity contribution >= 4 is 17.3 Å². The van der Waals surface area contributed by atoms with E-state index in [1.807, 2.05) is 0 Å². The van der Waals surface area contributed by atoms with Crippen molar-refractivity contribution in [2.45, 2.75) is 25.7 Å². The molecule has 1 aromatic rings. The molecule has 1 aromatic heterocycles. The molecule has 1 aliphatic rings. The van der Waals surface area contributed by atoms with E-state index in [0.29, 0.717) is 17.3 Å². The molecular weight excluding hydrogens is 280 g/mol. The summed E-state index contributed by atoms with van der Waals surface area (Å²) < 4.78 is 5.02. The van der Waals surface area contributed by atoms with E-state index in [4.69, 9.17) is 10.5 Å². The number of hydrogen-bond acceptors (Lipinski definition) is 7. The molecule has 1 aliphatic heterocycles. The Labute approximate surface area is 132 Å². The van der Waals surface area contributed by atoms with Crippen molar-refractivity contribution in [2.75, 3.05) is 62.8 Å². The minimum absolute atomic E-state index is 0.582. The van der Waals surface area contributed by atoms with Gasteiger partial charge in [-0.3, -0.25) is 0 Å². The number of piperidine rings is 1. The van der Waals surface area contributed by atoms with Gasteiger partial charge in [0.25, 0.3) is 0 Å². The second-order valence-electron chi connectivity index (χ2n) is 5.59. The molecule has 0 unspecified atom stereocenters. The van der Waals surface area contributed by atoms with Crippen molar-refractivity contribution in [3.8, 4) is 0 Å². The first-order chi connectivity index (χ1) is 10.8. The third kappa shape index (κ3) is 5.31. The fourth-order valence-corrected chi connectivity index (χ4v) is 2.62. The maximum absolute atomic E-state index is 6.12. The molecule has 0 amide bonds. The quantitative estimate of drug-likeness (QED) is 0.594. The van der Waals surface area contributed by atoms with Gasteiger partial charge in [-0.25, -0.2) is 9.97 Å². The first kappa shape index (κ1) is 16.8. The van der Waals surface area contributed by atoms with Gasteiger partial charge in [0.15, 0.2) is 11.6 Å². The van der Waals surface area contributed by atoms with Crippen LogP contribution >= 0.6 is 0 Å². The summed E-state index contributed by atoms with van der Waals surface area (Å²) in [7, 11) is 1.70. The molecule has 7 nitrogen and oxygen atoms in total. The van der Waals surface area contributed by atoms with Crippen LogP contribution < -0.4 is 16.4 Å². The zero-order chi connectivity index (χ0) is 15.6. The maximum Gasteiger partial charge on any atom is 0.154 e. The number of anilines is 3. The fourth-order valence-electron chi connectivity index (χ4n) is 2.62. The summed E-state index contributed by atoms with van der Waals surface area (Å²) >= 11 is 0. The first-order valence-corrected chi connectivity index (χ1v) is 8.11. The molecule has 0 bridgehead atoms. The Bertz CT molecular complexity index is 436. The normalized spacial score (nSPS) is 15.7. The molecule has 2 rings (SSSR count). The van der Waals surface area contributed by atoms with Crippen molar-refractivity contribution in [1.82, 2.24) is 14.9 Å². The Morgan fingerprint density at radius 3 is 2.50 bits per heavy atom. The van der Waals surface area contributed by atoms with Crippen LogP contribution in [0.2, 0.25) is 0 Å². The predicted octanol–water partition coefficient (Wildman–Crippen LogP) is 1.41. The molecule has 0 spiro atoms. The Kier molecular flexibility index (Phi) is 7.18. The van der Waals surface area contributed by atoms with Gasteiger partial charge in [-0.15, -0.1) is 0 Å². The third-order valence-electron chi connectivity index (χ3n) is 3.87. The highest BCUT2D eigenvalue weighted by atomic mass is 16.5. The zero-order valence-electron chi connectivity index (χ0n) is 13.5. The van der Waals surface area contributed by atoms with Gasteiger partial charge in [0, 0.05) is 33.4 Å². The Hall–Kier alpha value is -1.60. The van der Waals surface area contributed by atoms with Crippen molar-refractivity contribution < 1.29 is 4.74 Å². The molecule has 0 radical (unpaired) electrons. The monoisotopic (exact) mass is 308 g/mol. The Balaban J connectivity index is 1.77. The number of nitrogens with one attached hydrogen (secondary N) is 2. The molecule has 1 saturated heterocycles. The molecule has 0 aromatic carbocycles. The summed E-state index contributed by atoms with van der Waals surface area (Å²) in [4.78, 5) is 10.9. The molecule has 0 aliphatic carbocycles. The van der Waals surface area contributed by atoms with Crippen LogP contribution in [0.5, 0.6) is 0 Å². The van der Waals surface area contributed by atoms with E-state index in [2.05, 4.69) is 25.5 Å². The predicted molar refractivity (Wildman–Crippen MR) is 90.2 cm³/mol. The highest BCUT2D eigenvalue weighted by Gasteiger charge is 2.11. The zero-order valence-corrected chi connectivity index (χ0v) is 13.5. The summed E-state index contributed by atoms with van der Waals surface area (Å²) in [6, 6.07) is 0. The van der Waals surface area contributed by atoms with Crippen LogP contribution in [0.4, 0.5) is 17.3 Å². The number of ether oxygens (including phenoxy) is 1. The van der Waals surface area contributed by atoms with E-state index in [9.17, 15) is 0 Å². The van der Waals surface area contributed by atoms with E-state index in [1.54, 1.807) is 7.11 Å². The van der Waals surface area contributed by atoms with Gasteiger partial charge in [0.05, 0.1) is 0 Å². The summed E-state index contributed by atoms with van der Waals surface area (Å²) in [6.45, 7) is 5.78. The fraction of sp³-hybridized carbons (Fsp3) is 0.733. The smallest absolute Gasteiger partial charge is 0.154 e. The minimum Gasteiger partial charge on any atom is -0.393 e. The Morgan fingerprint density at radius 1 is 1.14 bits per heavy atom. The van der Waals surface area contributed by atoms with Crippen LogP contribution in [0.15, 0.2) is 6.33 Å². The summed E-state index contributed by atoms with van der Waals surface area (Å²) in [5.41, 5.74) is 6.70. The molecular formula is C15H28N6O. The van der Waals surface area contributed by atoms with Crippen LogP contribution in [0.25, 0.3) is 0 Å². The standard InChI is InChI=1S/C15H28N6O/c1-22-11-5-6-17-14-13(16)15(20-12-19-14)18-7-10-21-8-3-2-4-9-21/h12H,2-11,16H2,1H3,(H2,17,18,19,20). The second-order valence-corrected chi connectivity index (χ2v) is 5.59. The summed E-state index contributed by atoms with van der Waals surface area (Å²) in [5, 5.41) is 6.54. The van der Waals surface area contributed by atoms with Crippen LogP contribution in [-0.2, 0) is 4.74 Å². The lowest BCUT2D eigenvalue weighted by Gasteiger charge is -2.26. The second kappa shape index (κ2) is 9.42. The summed E-state index contributed by atoms with van der Waals surface area (Å²) in [5.74, 6) is 1.40. The Morgan fingerprint density at radius 2 is 1.82 bits per heavy atom. The van der Waals surface area contributed by atoms with Crippen LogP contribution in [0.1, 0.15) is 25.7 Å². The van der Waals surface area contributed by atoms with Gasteiger partial charge in [-0.05, 0) is 32.4 Å². The molecule has 0 atom stereocenters. The molecule has 0 saturated carbocycles. The van der Waals surface area contributed by atoms with E-state index < -0.39 is 0 Å². The lowest BCUT2D eigenvalue weighted by Crippen LogP contribution is -2.33. The topological polar surface area (TPSA) is 88.3 Å². The van der Waals surface area contributed by atoms with Gasteiger partial charge in [0.1, 0.15) is 12.0 Å². The maximum atomic E-state index is 6.12. The van der Waals surface area contributed by atoms with Crippen molar-refractivity contribution in [3.05, 3.63) is 6.33 Å².